The van der Waals surface area contributed by atoms with Gasteiger partial charge in [0, 0.05) is 18.0 Å². The van der Waals surface area contributed by atoms with Gasteiger partial charge in [-0.1, -0.05) is 103 Å². The van der Waals surface area contributed by atoms with Crippen LogP contribution in [0.5, 0.6) is 0 Å². The summed E-state index contributed by atoms with van der Waals surface area (Å²) < 4.78 is 0. The zero-order valence-electron chi connectivity index (χ0n) is 17.4. The fraction of sp³-hybridized carbons (Fsp3) is 0. The summed E-state index contributed by atoms with van der Waals surface area (Å²) in [5.41, 5.74) is 5.98. The van der Waals surface area contributed by atoms with Crippen LogP contribution in [0.2, 0.25) is 0 Å². The van der Waals surface area contributed by atoms with Crippen LogP contribution in [0.4, 0.5) is 0 Å². The second kappa shape index (κ2) is 7.75. The van der Waals surface area contributed by atoms with Crippen molar-refractivity contribution in [3.8, 4) is 33.6 Å². The van der Waals surface area contributed by atoms with Crippen LogP contribution in [0.15, 0.2) is 122 Å². The third kappa shape index (κ3) is 3.05. The minimum atomic E-state index is 0.755. The lowest BCUT2D eigenvalue weighted by Crippen LogP contribution is -1.93. The Labute approximate surface area is 186 Å². The van der Waals surface area contributed by atoms with E-state index in [0.717, 1.165) is 11.4 Å². The molecule has 6 aromatic rings. The first-order chi connectivity index (χ1) is 15.9. The van der Waals surface area contributed by atoms with Crippen molar-refractivity contribution in [1.82, 2.24) is 9.97 Å². The van der Waals surface area contributed by atoms with Crippen molar-refractivity contribution in [2.24, 2.45) is 0 Å². The van der Waals surface area contributed by atoms with Crippen LogP contribution in [0.25, 0.3) is 55.2 Å². The molecular formula is C30H20N2. The van der Waals surface area contributed by atoms with E-state index in [2.05, 4.69) is 107 Å². The Morgan fingerprint density at radius 2 is 0.781 bits per heavy atom. The molecule has 0 amide bonds. The van der Waals surface area contributed by atoms with Gasteiger partial charge in [0.25, 0.3) is 0 Å². The van der Waals surface area contributed by atoms with E-state index in [1.54, 1.807) is 0 Å². The molecule has 0 aliphatic heterocycles. The van der Waals surface area contributed by atoms with Crippen molar-refractivity contribution in [3.05, 3.63) is 122 Å². The maximum absolute atomic E-state index is 4.59. The Hall–Kier alpha value is -4.30. The van der Waals surface area contributed by atoms with Crippen LogP contribution in [0.3, 0.4) is 0 Å². The van der Waals surface area contributed by atoms with Gasteiger partial charge in [-0.25, -0.2) is 9.97 Å². The van der Waals surface area contributed by atoms with Gasteiger partial charge in [-0.3, -0.25) is 0 Å². The molecule has 0 N–H and O–H groups in total. The van der Waals surface area contributed by atoms with E-state index in [9.17, 15) is 0 Å². The molecule has 1 aromatic heterocycles. The Morgan fingerprint density at radius 3 is 1.34 bits per heavy atom. The topological polar surface area (TPSA) is 25.8 Å². The van der Waals surface area contributed by atoms with Crippen LogP contribution >= 0.6 is 0 Å². The van der Waals surface area contributed by atoms with Crippen molar-refractivity contribution in [1.29, 1.82) is 0 Å². The van der Waals surface area contributed by atoms with Crippen molar-refractivity contribution >= 4 is 21.5 Å². The molecule has 2 heteroatoms. The molecule has 0 saturated carbocycles. The van der Waals surface area contributed by atoms with Gasteiger partial charge in [0.2, 0.25) is 0 Å². The Bertz CT molecular complexity index is 1480. The van der Waals surface area contributed by atoms with Gasteiger partial charge in [-0.2, -0.15) is 0 Å². The summed E-state index contributed by atoms with van der Waals surface area (Å²) in [6.45, 7) is 0. The molecule has 0 fully saturated rings. The summed E-state index contributed by atoms with van der Waals surface area (Å²) in [6.07, 6.45) is 3.62. The molecule has 150 valence electrons. The van der Waals surface area contributed by atoms with Gasteiger partial charge in [0.15, 0.2) is 5.82 Å². The van der Waals surface area contributed by atoms with E-state index in [1.165, 1.54) is 43.8 Å². The summed E-state index contributed by atoms with van der Waals surface area (Å²) in [5.74, 6) is 0.755. The van der Waals surface area contributed by atoms with E-state index in [1.807, 2.05) is 24.5 Å². The summed E-state index contributed by atoms with van der Waals surface area (Å²) >= 11 is 0. The Kier molecular flexibility index (Phi) is 4.47. The number of aromatic nitrogens is 2. The Balaban J connectivity index is 1.65. The highest BCUT2D eigenvalue weighted by molar-refractivity contribution is 6.20. The number of fused-ring (bicyclic) bond motifs is 2. The fourth-order valence-electron chi connectivity index (χ4n) is 4.57. The summed E-state index contributed by atoms with van der Waals surface area (Å²) in [5, 5.41) is 4.75. The lowest BCUT2D eigenvalue weighted by atomic mass is 9.87. The van der Waals surface area contributed by atoms with E-state index in [0.29, 0.717) is 0 Å². The average Bonchev–Trinajstić information content (AvgIpc) is 2.88. The second-order valence-electron chi connectivity index (χ2n) is 7.86. The van der Waals surface area contributed by atoms with Gasteiger partial charge in [-0.05, 0) is 49.9 Å². The second-order valence-corrected chi connectivity index (χ2v) is 7.86. The molecule has 6 rings (SSSR count). The monoisotopic (exact) mass is 408 g/mol. The zero-order chi connectivity index (χ0) is 21.3. The maximum atomic E-state index is 4.59. The predicted octanol–water partition coefficient (Wildman–Crippen LogP) is 7.78. The number of hydrogen-bond acceptors (Lipinski definition) is 2. The first-order valence-corrected chi connectivity index (χ1v) is 10.8. The van der Waals surface area contributed by atoms with Crippen molar-refractivity contribution in [3.63, 3.8) is 0 Å². The van der Waals surface area contributed by atoms with Gasteiger partial charge in [0.1, 0.15) is 0 Å². The Morgan fingerprint density at radius 1 is 0.344 bits per heavy atom. The van der Waals surface area contributed by atoms with Crippen molar-refractivity contribution in [2.45, 2.75) is 0 Å². The molecule has 1 heterocycles. The molecule has 0 saturated heterocycles. The lowest BCUT2D eigenvalue weighted by Gasteiger charge is -2.16. The summed E-state index contributed by atoms with van der Waals surface area (Å²) in [4.78, 5) is 9.17. The minimum absolute atomic E-state index is 0.755. The fourth-order valence-corrected chi connectivity index (χ4v) is 4.57. The normalized spacial score (nSPS) is 11.1. The molecule has 0 unspecified atom stereocenters. The van der Waals surface area contributed by atoms with Crippen LogP contribution in [-0.2, 0) is 0 Å². The molecule has 0 bridgehead atoms. The van der Waals surface area contributed by atoms with E-state index in [4.69, 9.17) is 0 Å². The van der Waals surface area contributed by atoms with E-state index < -0.39 is 0 Å². The maximum Gasteiger partial charge on any atom is 0.160 e. The molecule has 5 aromatic carbocycles. The van der Waals surface area contributed by atoms with Crippen LogP contribution in [0, 0.1) is 0 Å². The molecule has 32 heavy (non-hydrogen) atoms. The molecule has 0 atom stereocenters. The van der Waals surface area contributed by atoms with Crippen LogP contribution < -0.4 is 0 Å². The van der Waals surface area contributed by atoms with Gasteiger partial charge < -0.3 is 0 Å². The zero-order valence-corrected chi connectivity index (χ0v) is 17.4. The average molecular weight is 409 g/mol. The SMILES string of the molecule is c1ccc(-c2ccc(-c3c4ccccc4c(-c4ncccn4)c4ccccc34)cc2)cc1. The third-order valence-corrected chi connectivity index (χ3v) is 6.00. The lowest BCUT2D eigenvalue weighted by molar-refractivity contribution is 1.18. The molecule has 0 aliphatic rings. The van der Waals surface area contributed by atoms with Gasteiger partial charge in [-0.15, -0.1) is 0 Å². The van der Waals surface area contributed by atoms with Crippen molar-refractivity contribution in [2.75, 3.05) is 0 Å². The first-order valence-electron chi connectivity index (χ1n) is 10.8. The molecule has 0 radical (unpaired) electrons. The number of benzene rings is 5. The van der Waals surface area contributed by atoms with E-state index >= 15 is 0 Å². The van der Waals surface area contributed by atoms with Crippen LogP contribution in [0.1, 0.15) is 0 Å². The number of rotatable bonds is 3. The number of nitrogens with zero attached hydrogens (tertiary/aromatic N) is 2. The highest BCUT2D eigenvalue weighted by Gasteiger charge is 2.17. The van der Waals surface area contributed by atoms with Gasteiger partial charge in [0.05, 0.1) is 0 Å². The van der Waals surface area contributed by atoms with Crippen molar-refractivity contribution < 1.29 is 0 Å². The smallest absolute Gasteiger partial charge is 0.160 e. The quantitative estimate of drug-likeness (QED) is 0.279. The largest absolute Gasteiger partial charge is 0.237 e. The highest BCUT2D eigenvalue weighted by Crippen LogP contribution is 2.42. The molecule has 0 aliphatic carbocycles. The summed E-state index contributed by atoms with van der Waals surface area (Å²) in [6, 6.07) is 38.4. The number of hydrogen-bond donors (Lipinski definition) is 0. The van der Waals surface area contributed by atoms with E-state index in [-0.39, 0.29) is 0 Å². The first kappa shape index (κ1) is 18.5. The summed E-state index contributed by atoms with van der Waals surface area (Å²) in [7, 11) is 0. The van der Waals surface area contributed by atoms with Crippen LogP contribution in [-0.4, -0.2) is 9.97 Å². The molecule has 2 nitrogen and oxygen atoms in total. The predicted molar refractivity (Wildman–Crippen MR) is 133 cm³/mol. The molecular weight excluding hydrogens is 388 g/mol. The van der Waals surface area contributed by atoms with Gasteiger partial charge >= 0.3 is 0 Å². The highest BCUT2D eigenvalue weighted by atomic mass is 14.9. The third-order valence-electron chi connectivity index (χ3n) is 6.00. The minimum Gasteiger partial charge on any atom is -0.237 e. The standard InChI is InChI=1S/C30H20N2/c1-2-9-21(10-3-1)22-15-17-23(18-16-22)28-24-11-4-6-13-26(24)29(30-31-19-8-20-32-30)27-14-7-5-12-25(27)28/h1-20H. The molecule has 0 spiro atoms.